The standard InChI is InChI=1S/C5H7F4N.ClH/c6-3-1-4(10-2-3)5(7,8)9;/h3-4,10H,1-2H2;1H/t3-,4+;/m0./s1. The molecule has 0 aliphatic carbocycles. The molecule has 0 aromatic heterocycles. The molecule has 1 fully saturated rings. The van der Waals surface area contributed by atoms with Crippen molar-refractivity contribution in [2.24, 2.45) is 0 Å². The van der Waals surface area contributed by atoms with Crippen molar-refractivity contribution in [3.8, 4) is 0 Å². The SMILES string of the molecule is Cl.F[C@@H]1CN[C@@H](C(F)(F)F)C1. The number of rotatable bonds is 0. The van der Waals surface area contributed by atoms with Crippen molar-refractivity contribution >= 4 is 12.4 Å². The van der Waals surface area contributed by atoms with Gasteiger partial charge in [-0.3, -0.25) is 0 Å². The van der Waals surface area contributed by atoms with Gasteiger partial charge < -0.3 is 5.32 Å². The van der Waals surface area contributed by atoms with Gasteiger partial charge in [0.2, 0.25) is 0 Å². The Balaban J connectivity index is 0.000001000. The third-order valence-corrected chi connectivity index (χ3v) is 1.47. The first-order valence-electron chi connectivity index (χ1n) is 2.94. The molecule has 1 aliphatic rings. The Morgan fingerprint density at radius 2 is 1.82 bits per heavy atom. The van der Waals surface area contributed by atoms with Gasteiger partial charge in [-0.25, -0.2) is 4.39 Å². The van der Waals surface area contributed by atoms with E-state index in [4.69, 9.17) is 0 Å². The predicted molar refractivity (Wildman–Crippen MR) is 34.6 cm³/mol. The maximum Gasteiger partial charge on any atom is 0.403 e. The Morgan fingerprint density at radius 1 is 1.27 bits per heavy atom. The van der Waals surface area contributed by atoms with Gasteiger partial charge in [-0.1, -0.05) is 0 Å². The van der Waals surface area contributed by atoms with Gasteiger partial charge in [-0.2, -0.15) is 13.2 Å². The Kier molecular flexibility index (Phi) is 3.57. The number of nitrogens with one attached hydrogen (secondary N) is 1. The second-order valence-electron chi connectivity index (χ2n) is 2.34. The molecular formula is C5H8ClF4N. The van der Waals surface area contributed by atoms with Crippen LogP contribution in [-0.2, 0) is 0 Å². The molecule has 0 radical (unpaired) electrons. The second kappa shape index (κ2) is 3.58. The summed E-state index contributed by atoms with van der Waals surface area (Å²) in [5.41, 5.74) is 0. The molecule has 1 heterocycles. The summed E-state index contributed by atoms with van der Waals surface area (Å²) in [5, 5.41) is 2.05. The van der Waals surface area contributed by atoms with Crippen LogP contribution >= 0.6 is 12.4 Å². The summed E-state index contributed by atoms with van der Waals surface area (Å²) in [5.74, 6) is 0. The maximum absolute atomic E-state index is 12.1. The summed E-state index contributed by atoms with van der Waals surface area (Å²) < 4.78 is 47.3. The van der Waals surface area contributed by atoms with E-state index in [0.29, 0.717) is 0 Å². The average molecular weight is 194 g/mol. The van der Waals surface area contributed by atoms with Crippen molar-refractivity contribution in [1.82, 2.24) is 5.32 Å². The van der Waals surface area contributed by atoms with Crippen molar-refractivity contribution in [2.45, 2.75) is 24.8 Å². The summed E-state index contributed by atoms with van der Waals surface area (Å²) in [6.45, 7) is -0.176. The molecule has 0 aromatic rings. The first-order valence-corrected chi connectivity index (χ1v) is 2.94. The summed E-state index contributed by atoms with van der Waals surface area (Å²) in [6, 6.07) is -1.64. The van der Waals surface area contributed by atoms with E-state index >= 15 is 0 Å². The number of alkyl halides is 4. The second-order valence-corrected chi connectivity index (χ2v) is 2.34. The van der Waals surface area contributed by atoms with E-state index in [1.165, 1.54) is 0 Å². The lowest BCUT2D eigenvalue weighted by Crippen LogP contribution is -2.36. The topological polar surface area (TPSA) is 12.0 Å². The molecule has 0 saturated carbocycles. The van der Waals surface area contributed by atoms with E-state index in [0.717, 1.165) is 0 Å². The Hall–Kier alpha value is -0.0300. The lowest BCUT2D eigenvalue weighted by atomic mass is 10.2. The molecule has 68 valence electrons. The maximum atomic E-state index is 12.1. The normalized spacial score (nSPS) is 31.6. The van der Waals surface area contributed by atoms with Crippen LogP contribution in [0.1, 0.15) is 6.42 Å². The van der Waals surface area contributed by atoms with Crippen molar-refractivity contribution in [3.05, 3.63) is 0 Å². The van der Waals surface area contributed by atoms with Gasteiger partial charge in [0.1, 0.15) is 12.2 Å². The van der Waals surface area contributed by atoms with Crippen LogP contribution in [0, 0.1) is 0 Å². The molecule has 0 unspecified atom stereocenters. The van der Waals surface area contributed by atoms with Crippen molar-refractivity contribution < 1.29 is 17.6 Å². The molecule has 2 atom stereocenters. The number of halogens is 5. The molecule has 0 spiro atoms. The molecule has 1 aliphatic heterocycles. The van der Waals surface area contributed by atoms with Gasteiger partial charge >= 0.3 is 6.18 Å². The molecule has 1 nitrogen and oxygen atoms in total. The van der Waals surface area contributed by atoms with Crippen molar-refractivity contribution in [3.63, 3.8) is 0 Å². The van der Waals surface area contributed by atoms with Gasteiger partial charge in [0.15, 0.2) is 0 Å². The fraction of sp³-hybridized carbons (Fsp3) is 1.00. The molecule has 6 heteroatoms. The zero-order valence-electron chi connectivity index (χ0n) is 5.49. The predicted octanol–water partition coefficient (Wildman–Crippen LogP) is 1.67. The summed E-state index contributed by atoms with van der Waals surface area (Å²) in [6.07, 6.45) is -6.07. The van der Waals surface area contributed by atoms with Crippen LogP contribution in [0.15, 0.2) is 0 Å². The Labute approximate surface area is 67.6 Å². The molecule has 1 N–H and O–H groups in total. The lowest BCUT2D eigenvalue weighted by Gasteiger charge is -2.13. The van der Waals surface area contributed by atoms with Crippen LogP contribution in [0.2, 0.25) is 0 Å². The van der Waals surface area contributed by atoms with E-state index in [2.05, 4.69) is 0 Å². The Bertz CT molecular complexity index is 126. The number of hydrogen-bond acceptors (Lipinski definition) is 1. The van der Waals surface area contributed by atoms with Gasteiger partial charge in [-0.05, 0) is 0 Å². The van der Waals surface area contributed by atoms with Crippen LogP contribution in [0.4, 0.5) is 17.6 Å². The first kappa shape index (κ1) is 11.0. The van der Waals surface area contributed by atoms with Gasteiger partial charge in [0.05, 0.1) is 0 Å². The minimum absolute atomic E-state index is 0. The fourth-order valence-corrected chi connectivity index (χ4v) is 0.942. The smallest absolute Gasteiger partial charge is 0.303 e. The first-order chi connectivity index (χ1) is 4.50. The van der Waals surface area contributed by atoms with Crippen LogP contribution in [-0.4, -0.2) is 24.9 Å². The molecule has 0 aromatic carbocycles. The van der Waals surface area contributed by atoms with E-state index in [9.17, 15) is 17.6 Å². The average Bonchev–Trinajstić information content (AvgIpc) is 2.11. The zero-order valence-corrected chi connectivity index (χ0v) is 6.31. The number of hydrogen-bond donors (Lipinski definition) is 1. The van der Waals surface area contributed by atoms with E-state index in [1.807, 2.05) is 5.32 Å². The molecule has 1 rings (SSSR count). The third kappa shape index (κ3) is 2.83. The highest BCUT2D eigenvalue weighted by atomic mass is 35.5. The third-order valence-electron chi connectivity index (χ3n) is 1.47. The highest BCUT2D eigenvalue weighted by Gasteiger charge is 2.44. The largest absolute Gasteiger partial charge is 0.403 e. The lowest BCUT2D eigenvalue weighted by molar-refractivity contribution is -0.152. The monoisotopic (exact) mass is 193 g/mol. The summed E-state index contributed by atoms with van der Waals surface area (Å²) in [4.78, 5) is 0. The molecule has 0 amide bonds. The highest BCUT2D eigenvalue weighted by molar-refractivity contribution is 5.85. The molecule has 11 heavy (non-hydrogen) atoms. The van der Waals surface area contributed by atoms with Gasteiger partial charge in [-0.15, -0.1) is 12.4 Å². The zero-order chi connectivity index (χ0) is 7.78. The molecule has 0 bridgehead atoms. The molecule has 1 saturated heterocycles. The van der Waals surface area contributed by atoms with Gasteiger partial charge in [0.25, 0.3) is 0 Å². The van der Waals surface area contributed by atoms with Crippen molar-refractivity contribution in [1.29, 1.82) is 0 Å². The van der Waals surface area contributed by atoms with Crippen LogP contribution in [0.5, 0.6) is 0 Å². The summed E-state index contributed by atoms with van der Waals surface area (Å²) in [7, 11) is 0. The van der Waals surface area contributed by atoms with Crippen LogP contribution in [0.3, 0.4) is 0 Å². The van der Waals surface area contributed by atoms with Gasteiger partial charge in [0, 0.05) is 13.0 Å². The fourth-order valence-electron chi connectivity index (χ4n) is 0.942. The van der Waals surface area contributed by atoms with Crippen LogP contribution in [0.25, 0.3) is 0 Å². The quantitative estimate of drug-likeness (QED) is 0.577. The van der Waals surface area contributed by atoms with E-state index in [1.54, 1.807) is 0 Å². The van der Waals surface area contributed by atoms with E-state index in [-0.39, 0.29) is 19.0 Å². The Morgan fingerprint density at radius 3 is 2.00 bits per heavy atom. The van der Waals surface area contributed by atoms with Crippen molar-refractivity contribution in [2.75, 3.05) is 6.54 Å². The minimum Gasteiger partial charge on any atom is -0.303 e. The highest BCUT2D eigenvalue weighted by Crippen LogP contribution is 2.27. The summed E-state index contributed by atoms with van der Waals surface area (Å²) >= 11 is 0. The van der Waals surface area contributed by atoms with Crippen LogP contribution < -0.4 is 5.32 Å². The molecular weight excluding hydrogens is 186 g/mol. The minimum atomic E-state index is -4.29. The van der Waals surface area contributed by atoms with E-state index < -0.39 is 24.8 Å².